The lowest BCUT2D eigenvalue weighted by atomic mass is 10.0. The molecule has 0 radical (unpaired) electrons. The van der Waals surface area contributed by atoms with Crippen molar-refractivity contribution in [2.24, 2.45) is 0 Å². The van der Waals surface area contributed by atoms with Gasteiger partial charge in [0.1, 0.15) is 0 Å². The summed E-state index contributed by atoms with van der Waals surface area (Å²) in [5.74, 6) is 0.108. The number of rotatable bonds is 2. The molecular weight excluding hydrogens is 294 g/mol. The Morgan fingerprint density at radius 3 is 3.05 bits per heavy atom. The molecule has 1 fully saturated rings. The van der Waals surface area contributed by atoms with Gasteiger partial charge in [0.25, 0.3) is 5.91 Å². The van der Waals surface area contributed by atoms with E-state index in [9.17, 15) is 4.79 Å². The van der Waals surface area contributed by atoms with E-state index in [-0.39, 0.29) is 24.4 Å². The quantitative estimate of drug-likeness (QED) is 0.926. The van der Waals surface area contributed by atoms with Crippen LogP contribution >= 0.6 is 23.7 Å². The molecule has 106 valence electrons. The van der Waals surface area contributed by atoms with Crippen LogP contribution in [0, 0.1) is 0 Å². The van der Waals surface area contributed by atoms with Gasteiger partial charge >= 0.3 is 0 Å². The van der Waals surface area contributed by atoms with Crippen molar-refractivity contribution in [3.05, 3.63) is 52.5 Å². The van der Waals surface area contributed by atoms with E-state index in [4.69, 9.17) is 0 Å². The maximum atomic E-state index is 12.5. The predicted molar refractivity (Wildman–Crippen MR) is 82.5 cm³/mol. The van der Waals surface area contributed by atoms with Gasteiger partial charge in [-0.05, 0) is 23.1 Å². The molecule has 1 aliphatic heterocycles. The lowest BCUT2D eigenvalue weighted by Gasteiger charge is -2.36. The number of thiophene rings is 1. The highest BCUT2D eigenvalue weighted by Gasteiger charge is 2.28. The zero-order valence-electron chi connectivity index (χ0n) is 10.9. The Kier molecular flexibility index (Phi) is 5.11. The van der Waals surface area contributed by atoms with Crippen molar-refractivity contribution in [3.63, 3.8) is 0 Å². The second kappa shape index (κ2) is 6.83. The Labute approximate surface area is 128 Å². The Morgan fingerprint density at radius 1 is 1.45 bits per heavy atom. The number of aromatic nitrogens is 1. The summed E-state index contributed by atoms with van der Waals surface area (Å²) in [5.41, 5.74) is 1.86. The Morgan fingerprint density at radius 2 is 2.35 bits per heavy atom. The van der Waals surface area contributed by atoms with Crippen LogP contribution in [-0.4, -0.2) is 35.4 Å². The van der Waals surface area contributed by atoms with Crippen LogP contribution < -0.4 is 5.32 Å². The molecule has 1 N–H and O–H groups in total. The third-order valence-electron chi connectivity index (χ3n) is 3.34. The van der Waals surface area contributed by atoms with Gasteiger partial charge in [0, 0.05) is 37.4 Å². The second-order valence-corrected chi connectivity index (χ2v) is 5.30. The third kappa shape index (κ3) is 3.00. The zero-order chi connectivity index (χ0) is 13.1. The summed E-state index contributed by atoms with van der Waals surface area (Å²) in [6.45, 7) is 2.35. The minimum Gasteiger partial charge on any atom is -0.329 e. The Hall–Kier alpha value is -1.43. The van der Waals surface area contributed by atoms with Crippen LogP contribution in [0.5, 0.6) is 0 Å². The minimum absolute atomic E-state index is 0. The third-order valence-corrected chi connectivity index (χ3v) is 4.02. The maximum Gasteiger partial charge on any atom is 0.255 e. The molecule has 1 unspecified atom stereocenters. The van der Waals surface area contributed by atoms with Gasteiger partial charge in [-0.15, -0.1) is 12.4 Å². The highest BCUT2D eigenvalue weighted by atomic mass is 35.5. The van der Waals surface area contributed by atoms with Gasteiger partial charge < -0.3 is 10.2 Å². The summed E-state index contributed by atoms with van der Waals surface area (Å²) in [7, 11) is 0. The fraction of sp³-hybridized carbons (Fsp3) is 0.286. The fourth-order valence-electron chi connectivity index (χ4n) is 2.37. The lowest BCUT2D eigenvalue weighted by Crippen LogP contribution is -2.48. The van der Waals surface area contributed by atoms with Gasteiger partial charge in [-0.1, -0.05) is 6.07 Å². The van der Waals surface area contributed by atoms with Crippen LogP contribution in [0.25, 0.3) is 0 Å². The van der Waals surface area contributed by atoms with Crippen molar-refractivity contribution in [3.8, 4) is 0 Å². The summed E-state index contributed by atoms with van der Waals surface area (Å²) in [6, 6.07) is 5.89. The summed E-state index contributed by atoms with van der Waals surface area (Å²) in [5, 5.41) is 7.19. The van der Waals surface area contributed by atoms with Crippen LogP contribution in [0.15, 0.2) is 41.4 Å². The SMILES string of the molecule is Cl.O=C(c1ccsc1)N1CCNCC1c1cccnc1. The molecule has 0 spiro atoms. The summed E-state index contributed by atoms with van der Waals surface area (Å²) in [6.07, 6.45) is 3.59. The van der Waals surface area contributed by atoms with Crippen LogP contribution in [0.4, 0.5) is 0 Å². The molecule has 1 saturated heterocycles. The summed E-state index contributed by atoms with van der Waals surface area (Å²) < 4.78 is 0. The molecule has 0 aromatic carbocycles. The van der Waals surface area contributed by atoms with Crippen LogP contribution in [0.3, 0.4) is 0 Å². The van der Waals surface area contributed by atoms with Crippen molar-refractivity contribution in [2.45, 2.75) is 6.04 Å². The zero-order valence-corrected chi connectivity index (χ0v) is 12.5. The average molecular weight is 310 g/mol. The molecule has 6 heteroatoms. The maximum absolute atomic E-state index is 12.5. The van der Waals surface area contributed by atoms with Crippen LogP contribution in [0.2, 0.25) is 0 Å². The number of hydrogen-bond acceptors (Lipinski definition) is 4. The minimum atomic E-state index is 0. The second-order valence-electron chi connectivity index (χ2n) is 4.52. The number of carbonyl (C=O) groups is 1. The van der Waals surface area contributed by atoms with Gasteiger partial charge in [0.2, 0.25) is 0 Å². The van der Waals surface area contributed by atoms with E-state index in [1.54, 1.807) is 17.5 Å². The number of piperazine rings is 1. The largest absolute Gasteiger partial charge is 0.329 e. The fourth-order valence-corrected chi connectivity index (χ4v) is 3.00. The number of halogens is 1. The first-order valence-electron chi connectivity index (χ1n) is 6.30. The molecule has 4 nitrogen and oxygen atoms in total. The van der Waals surface area contributed by atoms with E-state index in [1.165, 1.54) is 0 Å². The molecule has 1 atom stereocenters. The van der Waals surface area contributed by atoms with Gasteiger partial charge in [0.15, 0.2) is 0 Å². The Balaban J connectivity index is 0.00000147. The lowest BCUT2D eigenvalue weighted by molar-refractivity contribution is 0.0634. The number of amides is 1. The molecule has 3 heterocycles. The molecule has 0 saturated carbocycles. The van der Waals surface area contributed by atoms with Crippen molar-refractivity contribution < 1.29 is 4.79 Å². The molecule has 2 aromatic rings. The van der Waals surface area contributed by atoms with E-state index in [0.717, 1.165) is 30.8 Å². The molecular formula is C14H16ClN3OS. The number of pyridine rings is 1. The summed E-state index contributed by atoms with van der Waals surface area (Å²) in [4.78, 5) is 18.6. The average Bonchev–Trinajstić information content (AvgIpc) is 3.02. The number of carbonyl (C=O) groups excluding carboxylic acids is 1. The summed E-state index contributed by atoms with van der Waals surface area (Å²) >= 11 is 1.55. The number of nitrogens with zero attached hydrogens (tertiary/aromatic N) is 2. The van der Waals surface area contributed by atoms with Gasteiger partial charge in [0.05, 0.1) is 11.6 Å². The first kappa shape index (κ1) is 15.0. The van der Waals surface area contributed by atoms with Gasteiger partial charge in [-0.2, -0.15) is 11.3 Å². The smallest absolute Gasteiger partial charge is 0.255 e. The Bertz CT molecular complexity index is 547. The van der Waals surface area contributed by atoms with Crippen molar-refractivity contribution in [1.82, 2.24) is 15.2 Å². The molecule has 0 aliphatic carbocycles. The highest BCUT2D eigenvalue weighted by molar-refractivity contribution is 7.08. The first-order chi connectivity index (χ1) is 9.36. The topological polar surface area (TPSA) is 45.2 Å². The normalized spacial score (nSPS) is 18.4. The van der Waals surface area contributed by atoms with Crippen molar-refractivity contribution in [1.29, 1.82) is 0 Å². The predicted octanol–water partition coefficient (Wildman–Crippen LogP) is 2.35. The highest BCUT2D eigenvalue weighted by Crippen LogP contribution is 2.24. The molecule has 20 heavy (non-hydrogen) atoms. The first-order valence-corrected chi connectivity index (χ1v) is 7.24. The monoisotopic (exact) mass is 309 g/mol. The molecule has 3 rings (SSSR count). The number of nitrogens with one attached hydrogen (secondary N) is 1. The number of hydrogen-bond donors (Lipinski definition) is 1. The van der Waals surface area contributed by atoms with Crippen LogP contribution in [-0.2, 0) is 0 Å². The van der Waals surface area contributed by atoms with E-state index in [2.05, 4.69) is 10.3 Å². The van der Waals surface area contributed by atoms with Crippen molar-refractivity contribution >= 4 is 29.7 Å². The standard InChI is InChI=1S/C14H15N3OS.ClH/c18-14(12-3-7-19-10-12)17-6-5-16-9-13(17)11-2-1-4-15-8-11;/h1-4,7-8,10,13,16H,5-6,9H2;1H. The molecule has 1 aliphatic rings. The van der Waals surface area contributed by atoms with E-state index >= 15 is 0 Å². The van der Waals surface area contributed by atoms with E-state index in [0.29, 0.717) is 0 Å². The van der Waals surface area contributed by atoms with E-state index in [1.807, 2.05) is 40.1 Å². The van der Waals surface area contributed by atoms with Crippen LogP contribution in [0.1, 0.15) is 22.0 Å². The van der Waals surface area contributed by atoms with Crippen molar-refractivity contribution in [2.75, 3.05) is 19.6 Å². The van der Waals surface area contributed by atoms with Gasteiger partial charge in [-0.3, -0.25) is 9.78 Å². The van der Waals surface area contributed by atoms with E-state index < -0.39 is 0 Å². The molecule has 0 bridgehead atoms. The molecule has 1 amide bonds. The molecule has 2 aromatic heterocycles. The van der Waals surface area contributed by atoms with Gasteiger partial charge in [-0.25, -0.2) is 0 Å².